The molecule has 1 aliphatic carbocycles. The number of fused-ring (bicyclic) bond motifs is 1. The van der Waals surface area contributed by atoms with E-state index in [0.29, 0.717) is 12.2 Å². The second-order valence-corrected chi connectivity index (χ2v) is 6.63. The first kappa shape index (κ1) is 14.2. The summed E-state index contributed by atoms with van der Waals surface area (Å²) in [7, 11) is 0. The lowest BCUT2D eigenvalue weighted by molar-refractivity contribution is -0.119. The van der Waals surface area contributed by atoms with Gasteiger partial charge in [-0.2, -0.15) is 0 Å². The molecule has 1 saturated carbocycles. The number of aryl methyl sites for hydroxylation is 2. The van der Waals surface area contributed by atoms with E-state index in [0.717, 1.165) is 35.4 Å². The molecule has 23 heavy (non-hydrogen) atoms. The number of aromatic nitrogens is 2. The van der Waals surface area contributed by atoms with Gasteiger partial charge in [-0.15, -0.1) is 0 Å². The summed E-state index contributed by atoms with van der Waals surface area (Å²) in [4.78, 5) is 17.2. The number of imidazole rings is 1. The number of pyridine rings is 1. The third-order valence-corrected chi connectivity index (χ3v) is 4.56. The molecule has 0 amide bonds. The minimum absolute atomic E-state index is 0.274. The lowest BCUT2D eigenvalue weighted by Gasteiger charge is -2.06. The van der Waals surface area contributed by atoms with Crippen molar-refractivity contribution in [2.45, 2.75) is 33.1 Å². The van der Waals surface area contributed by atoms with Crippen LogP contribution in [0.2, 0.25) is 0 Å². The lowest BCUT2D eigenvalue weighted by Crippen LogP contribution is -2.08. The Balaban J connectivity index is 1.87. The summed E-state index contributed by atoms with van der Waals surface area (Å²) in [6.07, 6.45) is 4.65. The molecule has 116 valence electrons. The molecule has 1 fully saturated rings. The number of hydrogen-bond donors (Lipinski definition) is 0. The van der Waals surface area contributed by atoms with Crippen LogP contribution in [0.3, 0.4) is 0 Å². The lowest BCUT2D eigenvalue weighted by atomic mass is 10.0. The molecular formula is C20H20N2O. The van der Waals surface area contributed by atoms with Gasteiger partial charge in [-0.05, 0) is 38.3 Å². The number of nitrogens with zero attached hydrogens (tertiary/aromatic N) is 2. The number of carbonyl (C=O) groups is 1. The van der Waals surface area contributed by atoms with Crippen LogP contribution in [0.1, 0.15) is 29.7 Å². The minimum atomic E-state index is 0.274. The van der Waals surface area contributed by atoms with Gasteiger partial charge >= 0.3 is 0 Å². The van der Waals surface area contributed by atoms with Gasteiger partial charge in [0.1, 0.15) is 11.4 Å². The first-order valence-corrected chi connectivity index (χ1v) is 8.19. The zero-order valence-electron chi connectivity index (χ0n) is 13.5. The summed E-state index contributed by atoms with van der Waals surface area (Å²) in [5, 5.41) is 0. The van der Waals surface area contributed by atoms with Crippen molar-refractivity contribution in [1.29, 1.82) is 0 Å². The maximum absolute atomic E-state index is 12.4. The van der Waals surface area contributed by atoms with Crippen molar-refractivity contribution in [3.63, 3.8) is 0 Å². The molecule has 0 spiro atoms. The minimum Gasteiger partial charge on any atom is -0.303 e. The largest absolute Gasteiger partial charge is 0.303 e. The van der Waals surface area contributed by atoms with Crippen LogP contribution >= 0.6 is 0 Å². The summed E-state index contributed by atoms with van der Waals surface area (Å²) in [5.41, 5.74) is 6.34. The highest BCUT2D eigenvalue weighted by Gasteiger charge is 2.30. The second kappa shape index (κ2) is 5.34. The van der Waals surface area contributed by atoms with Crippen LogP contribution in [0, 0.1) is 19.8 Å². The standard InChI is InChI=1S/C20H20N2O/c1-13-3-6-16(7-4-13)20-17(11-18(23)15-8-9-15)22-12-14(2)5-10-19(22)21-20/h3-7,10,12,15H,8-9,11H2,1-2H3. The number of ketones is 1. The quantitative estimate of drug-likeness (QED) is 0.726. The Morgan fingerprint density at radius 1 is 1.09 bits per heavy atom. The highest BCUT2D eigenvalue weighted by Crippen LogP contribution is 2.33. The molecule has 3 aromatic rings. The number of benzene rings is 1. The van der Waals surface area contributed by atoms with E-state index >= 15 is 0 Å². The molecule has 3 nitrogen and oxygen atoms in total. The van der Waals surface area contributed by atoms with Crippen molar-refractivity contribution in [3.05, 3.63) is 59.4 Å². The van der Waals surface area contributed by atoms with Crippen molar-refractivity contribution in [3.8, 4) is 11.3 Å². The van der Waals surface area contributed by atoms with Crippen molar-refractivity contribution in [2.75, 3.05) is 0 Å². The molecule has 0 radical (unpaired) electrons. The highest BCUT2D eigenvalue weighted by atomic mass is 16.1. The smallest absolute Gasteiger partial charge is 0.141 e. The molecule has 1 aliphatic rings. The summed E-state index contributed by atoms with van der Waals surface area (Å²) in [6.45, 7) is 4.14. The third-order valence-electron chi connectivity index (χ3n) is 4.56. The van der Waals surface area contributed by atoms with E-state index in [2.05, 4.69) is 54.8 Å². The van der Waals surface area contributed by atoms with Gasteiger partial charge in [-0.1, -0.05) is 35.9 Å². The monoisotopic (exact) mass is 304 g/mol. The molecule has 3 heteroatoms. The number of carbonyl (C=O) groups excluding carboxylic acids is 1. The first-order chi connectivity index (χ1) is 11.1. The van der Waals surface area contributed by atoms with Crippen LogP contribution in [-0.2, 0) is 11.2 Å². The molecule has 4 rings (SSSR count). The van der Waals surface area contributed by atoms with E-state index in [1.54, 1.807) is 0 Å². The Bertz CT molecular complexity index is 886. The maximum atomic E-state index is 12.4. The fourth-order valence-electron chi connectivity index (χ4n) is 3.03. The first-order valence-electron chi connectivity index (χ1n) is 8.19. The van der Waals surface area contributed by atoms with Gasteiger partial charge in [0.05, 0.1) is 11.4 Å². The van der Waals surface area contributed by atoms with Crippen molar-refractivity contribution in [2.24, 2.45) is 5.92 Å². The highest BCUT2D eigenvalue weighted by molar-refractivity contribution is 5.87. The van der Waals surface area contributed by atoms with Gasteiger partial charge < -0.3 is 4.40 Å². The average molecular weight is 304 g/mol. The number of hydrogen-bond acceptors (Lipinski definition) is 2. The van der Waals surface area contributed by atoms with E-state index in [4.69, 9.17) is 4.98 Å². The fourth-order valence-corrected chi connectivity index (χ4v) is 3.03. The Labute approximate surface area is 136 Å². The van der Waals surface area contributed by atoms with Crippen LogP contribution < -0.4 is 0 Å². The van der Waals surface area contributed by atoms with Gasteiger partial charge in [-0.25, -0.2) is 4.98 Å². The predicted octanol–water partition coefficient (Wildman–Crippen LogP) is 4.14. The van der Waals surface area contributed by atoms with Gasteiger partial charge in [-0.3, -0.25) is 4.79 Å². The summed E-state index contributed by atoms with van der Waals surface area (Å²) >= 11 is 0. The maximum Gasteiger partial charge on any atom is 0.141 e. The zero-order valence-corrected chi connectivity index (χ0v) is 13.5. The summed E-state index contributed by atoms with van der Waals surface area (Å²) in [6, 6.07) is 12.5. The Morgan fingerprint density at radius 2 is 1.78 bits per heavy atom. The molecule has 0 bridgehead atoms. The van der Waals surface area contributed by atoms with Crippen molar-refractivity contribution >= 4 is 11.4 Å². The molecule has 0 unspecified atom stereocenters. The Morgan fingerprint density at radius 3 is 2.48 bits per heavy atom. The van der Waals surface area contributed by atoms with Gasteiger partial charge in [0.15, 0.2) is 0 Å². The SMILES string of the molecule is Cc1ccc(-c2nc3ccc(C)cn3c2CC(=O)C2CC2)cc1. The Kier molecular flexibility index (Phi) is 3.29. The van der Waals surface area contributed by atoms with E-state index in [9.17, 15) is 4.79 Å². The Hall–Kier alpha value is -2.42. The fraction of sp³-hybridized carbons (Fsp3) is 0.300. The molecule has 0 saturated heterocycles. The topological polar surface area (TPSA) is 34.4 Å². The van der Waals surface area contributed by atoms with Gasteiger partial charge in [0.25, 0.3) is 0 Å². The molecular weight excluding hydrogens is 284 g/mol. The van der Waals surface area contributed by atoms with E-state index < -0.39 is 0 Å². The zero-order chi connectivity index (χ0) is 16.0. The number of Topliss-reactive ketones (excluding diaryl/α,β-unsaturated/α-hetero) is 1. The predicted molar refractivity (Wildman–Crippen MR) is 91.5 cm³/mol. The van der Waals surface area contributed by atoms with Crippen LogP contribution in [0.15, 0.2) is 42.6 Å². The molecule has 0 atom stereocenters. The normalized spacial score (nSPS) is 14.3. The third kappa shape index (κ3) is 2.67. The summed E-state index contributed by atoms with van der Waals surface area (Å²) < 4.78 is 2.09. The van der Waals surface area contributed by atoms with E-state index in [1.807, 2.05) is 6.07 Å². The van der Waals surface area contributed by atoms with E-state index in [1.165, 1.54) is 11.1 Å². The van der Waals surface area contributed by atoms with Crippen molar-refractivity contribution < 1.29 is 4.79 Å². The van der Waals surface area contributed by atoms with E-state index in [-0.39, 0.29) is 5.92 Å². The molecule has 0 N–H and O–H groups in total. The molecule has 2 heterocycles. The van der Waals surface area contributed by atoms with Crippen LogP contribution in [-0.4, -0.2) is 15.2 Å². The van der Waals surface area contributed by atoms with Crippen LogP contribution in [0.25, 0.3) is 16.9 Å². The molecule has 1 aromatic carbocycles. The van der Waals surface area contributed by atoms with Gasteiger partial charge in [0, 0.05) is 24.1 Å². The molecule has 2 aromatic heterocycles. The molecule has 0 aliphatic heterocycles. The second-order valence-electron chi connectivity index (χ2n) is 6.63. The van der Waals surface area contributed by atoms with Gasteiger partial charge in [0.2, 0.25) is 0 Å². The van der Waals surface area contributed by atoms with Crippen LogP contribution in [0.5, 0.6) is 0 Å². The average Bonchev–Trinajstić information content (AvgIpc) is 3.33. The van der Waals surface area contributed by atoms with Crippen molar-refractivity contribution in [1.82, 2.24) is 9.38 Å². The summed E-state index contributed by atoms with van der Waals surface area (Å²) in [5.74, 6) is 0.623. The number of rotatable bonds is 4. The van der Waals surface area contributed by atoms with Crippen LogP contribution in [0.4, 0.5) is 0 Å².